The highest BCUT2D eigenvalue weighted by Gasteiger charge is 2.08. The molecule has 1 atom stereocenters. The molecular formula is C15H19N3O. The quantitative estimate of drug-likeness (QED) is 0.864. The first-order valence-corrected chi connectivity index (χ1v) is 6.45. The molecule has 1 aromatic heterocycles. The summed E-state index contributed by atoms with van der Waals surface area (Å²) in [5.74, 6) is 1.11. The molecule has 0 saturated heterocycles. The summed E-state index contributed by atoms with van der Waals surface area (Å²) in [5.41, 5.74) is 1.89. The molecule has 0 aliphatic carbocycles. The predicted octanol–water partition coefficient (Wildman–Crippen LogP) is 2.75. The number of benzene rings is 1. The van der Waals surface area contributed by atoms with Crippen molar-refractivity contribution in [1.82, 2.24) is 9.97 Å². The van der Waals surface area contributed by atoms with Gasteiger partial charge in [-0.05, 0) is 11.5 Å². The molecule has 0 aliphatic rings. The number of aliphatic hydroxyl groups excluding tert-OH is 1. The second-order valence-electron chi connectivity index (χ2n) is 4.79. The van der Waals surface area contributed by atoms with Crippen LogP contribution in [-0.4, -0.2) is 21.6 Å². The van der Waals surface area contributed by atoms with Crippen LogP contribution in [0.15, 0.2) is 42.7 Å². The largest absolute Gasteiger partial charge is 0.387 e. The van der Waals surface area contributed by atoms with Crippen molar-refractivity contribution >= 4 is 5.82 Å². The Hall–Kier alpha value is -1.94. The maximum atomic E-state index is 10.1. The lowest BCUT2D eigenvalue weighted by atomic mass is 10.1. The third kappa shape index (κ3) is 3.76. The van der Waals surface area contributed by atoms with Crippen LogP contribution in [-0.2, 0) is 0 Å². The third-order valence-corrected chi connectivity index (χ3v) is 2.94. The Morgan fingerprint density at radius 3 is 2.58 bits per heavy atom. The van der Waals surface area contributed by atoms with Crippen LogP contribution in [0.4, 0.5) is 5.82 Å². The lowest BCUT2D eigenvalue weighted by molar-refractivity contribution is 0.191. The highest BCUT2D eigenvalue weighted by Crippen LogP contribution is 2.16. The van der Waals surface area contributed by atoms with Crippen LogP contribution < -0.4 is 5.32 Å². The van der Waals surface area contributed by atoms with E-state index in [2.05, 4.69) is 29.1 Å². The summed E-state index contributed by atoms with van der Waals surface area (Å²) in [6.07, 6.45) is 1.01. The molecular weight excluding hydrogens is 238 g/mol. The number of anilines is 1. The fourth-order valence-electron chi connectivity index (χ4n) is 1.78. The summed E-state index contributed by atoms with van der Waals surface area (Å²) in [6, 6.07) is 11.5. The Bertz CT molecular complexity index is 514. The van der Waals surface area contributed by atoms with Crippen LogP contribution in [0.25, 0.3) is 0 Å². The summed E-state index contributed by atoms with van der Waals surface area (Å²) in [4.78, 5) is 8.36. The Morgan fingerprint density at radius 1 is 1.16 bits per heavy atom. The minimum absolute atomic E-state index is 0.364. The minimum Gasteiger partial charge on any atom is -0.387 e. The summed E-state index contributed by atoms with van der Waals surface area (Å²) >= 11 is 0. The Morgan fingerprint density at radius 2 is 1.89 bits per heavy atom. The summed E-state index contributed by atoms with van der Waals surface area (Å²) in [7, 11) is 0. The maximum Gasteiger partial charge on any atom is 0.129 e. The van der Waals surface area contributed by atoms with Gasteiger partial charge in [-0.1, -0.05) is 44.2 Å². The van der Waals surface area contributed by atoms with Gasteiger partial charge in [-0.2, -0.15) is 0 Å². The monoisotopic (exact) mass is 257 g/mol. The van der Waals surface area contributed by atoms with Crippen LogP contribution in [0.3, 0.4) is 0 Å². The molecule has 0 amide bonds. The molecule has 1 unspecified atom stereocenters. The zero-order valence-corrected chi connectivity index (χ0v) is 11.2. The van der Waals surface area contributed by atoms with E-state index in [9.17, 15) is 5.11 Å². The summed E-state index contributed by atoms with van der Waals surface area (Å²) < 4.78 is 0. The first kappa shape index (κ1) is 13.5. The van der Waals surface area contributed by atoms with Crippen molar-refractivity contribution in [2.75, 3.05) is 11.9 Å². The van der Waals surface area contributed by atoms with Crippen molar-refractivity contribution in [3.8, 4) is 0 Å². The molecule has 0 bridgehead atoms. The zero-order chi connectivity index (χ0) is 13.7. The van der Waals surface area contributed by atoms with Gasteiger partial charge in [0.1, 0.15) is 12.1 Å². The second kappa shape index (κ2) is 6.29. The summed E-state index contributed by atoms with van der Waals surface area (Å²) in [6.45, 7) is 4.61. The molecule has 2 N–H and O–H groups in total. The molecule has 0 aliphatic heterocycles. The molecule has 19 heavy (non-hydrogen) atoms. The van der Waals surface area contributed by atoms with Crippen LogP contribution in [0, 0.1) is 0 Å². The number of nitrogens with one attached hydrogen (secondary N) is 1. The SMILES string of the molecule is CC(C)c1cc(NCC(O)c2ccccc2)ncn1. The lowest BCUT2D eigenvalue weighted by Crippen LogP contribution is -2.13. The van der Waals surface area contributed by atoms with Gasteiger partial charge in [0.15, 0.2) is 0 Å². The van der Waals surface area contributed by atoms with Gasteiger partial charge in [-0.25, -0.2) is 9.97 Å². The molecule has 0 spiro atoms. The van der Waals surface area contributed by atoms with E-state index < -0.39 is 6.10 Å². The van der Waals surface area contributed by atoms with Crippen LogP contribution in [0.2, 0.25) is 0 Å². The van der Waals surface area contributed by atoms with Gasteiger partial charge in [0.05, 0.1) is 6.10 Å². The van der Waals surface area contributed by atoms with Gasteiger partial charge in [-0.15, -0.1) is 0 Å². The van der Waals surface area contributed by atoms with Crippen molar-refractivity contribution < 1.29 is 5.11 Å². The van der Waals surface area contributed by atoms with Gasteiger partial charge in [-0.3, -0.25) is 0 Å². The number of hydrogen-bond acceptors (Lipinski definition) is 4. The third-order valence-electron chi connectivity index (χ3n) is 2.94. The average molecular weight is 257 g/mol. The number of aliphatic hydroxyl groups is 1. The lowest BCUT2D eigenvalue weighted by Gasteiger charge is -2.13. The molecule has 2 aromatic rings. The number of hydrogen-bond donors (Lipinski definition) is 2. The molecule has 1 aromatic carbocycles. The smallest absolute Gasteiger partial charge is 0.129 e. The molecule has 4 nitrogen and oxygen atoms in total. The van der Waals surface area contributed by atoms with Gasteiger partial charge >= 0.3 is 0 Å². The minimum atomic E-state index is -0.543. The molecule has 2 rings (SSSR count). The van der Waals surface area contributed by atoms with E-state index >= 15 is 0 Å². The molecule has 4 heteroatoms. The van der Waals surface area contributed by atoms with E-state index in [0.29, 0.717) is 12.5 Å². The van der Waals surface area contributed by atoms with E-state index in [4.69, 9.17) is 0 Å². The van der Waals surface area contributed by atoms with Crippen molar-refractivity contribution in [2.24, 2.45) is 0 Å². The van der Waals surface area contributed by atoms with Crippen LogP contribution >= 0.6 is 0 Å². The number of rotatable bonds is 5. The van der Waals surface area contributed by atoms with Gasteiger partial charge in [0, 0.05) is 18.3 Å². The predicted molar refractivity (Wildman–Crippen MR) is 76.0 cm³/mol. The standard InChI is InChI=1S/C15H19N3O/c1-11(2)13-8-15(18-10-17-13)16-9-14(19)12-6-4-3-5-7-12/h3-8,10-11,14,19H,9H2,1-2H3,(H,16,17,18). The van der Waals surface area contributed by atoms with Crippen molar-refractivity contribution in [3.05, 3.63) is 54.0 Å². The van der Waals surface area contributed by atoms with E-state index in [1.54, 1.807) is 6.33 Å². The fourth-order valence-corrected chi connectivity index (χ4v) is 1.78. The van der Waals surface area contributed by atoms with E-state index in [1.807, 2.05) is 36.4 Å². The Balaban J connectivity index is 1.97. The molecule has 1 heterocycles. The van der Waals surface area contributed by atoms with Gasteiger partial charge < -0.3 is 10.4 Å². The first-order valence-electron chi connectivity index (χ1n) is 6.45. The highest BCUT2D eigenvalue weighted by molar-refractivity contribution is 5.36. The first-order chi connectivity index (χ1) is 9.16. The fraction of sp³-hybridized carbons (Fsp3) is 0.333. The number of aromatic nitrogens is 2. The maximum absolute atomic E-state index is 10.1. The van der Waals surface area contributed by atoms with Crippen molar-refractivity contribution in [3.63, 3.8) is 0 Å². The molecule has 0 fully saturated rings. The Kier molecular flexibility index (Phi) is 4.47. The van der Waals surface area contributed by atoms with Crippen molar-refractivity contribution in [1.29, 1.82) is 0 Å². The van der Waals surface area contributed by atoms with E-state index in [0.717, 1.165) is 17.1 Å². The molecule has 0 saturated carbocycles. The summed E-state index contributed by atoms with van der Waals surface area (Å²) in [5, 5.41) is 13.2. The zero-order valence-electron chi connectivity index (χ0n) is 11.2. The number of nitrogens with zero attached hydrogens (tertiary/aromatic N) is 2. The van der Waals surface area contributed by atoms with Crippen LogP contribution in [0.1, 0.15) is 37.1 Å². The molecule has 0 radical (unpaired) electrons. The molecule has 100 valence electrons. The Labute approximate surface area is 113 Å². The topological polar surface area (TPSA) is 58.0 Å². The van der Waals surface area contributed by atoms with Gasteiger partial charge in [0.25, 0.3) is 0 Å². The van der Waals surface area contributed by atoms with Gasteiger partial charge in [0.2, 0.25) is 0 Å². The van der Waals surface area contributed by atoms with E-state index in [1.165, 1.54) is 0 Å². The van der Waals surface area contributed by atoms with Crippen molar-refractivity contribution in [2.45, 2.75) is 25.9 Å². The van der Waals surface area contributed by atoms with E-state index in [-0.39, 0.29) is 0 Å². The second-order valence-corrected chi connectivity index (χ2v) is 4.79. The normalized spacial score (nSPS) is 12.4. The highest BCUT2D eigenvalue weighted by atomic mass is 16.3. The van der Waals surface area contributed by atoms with Crippen LogP contribution in [0.5, 0.6) is 0 Å². The average Bonchev–Trinajstić information content (AvgIpc) is 2.46.